The van der Waals surface area contributed by atoms with Crippen molar-refractivity contribution in [3.8, 4) is 0 Å². The van der Waals surface area contributed by atoms with Crippen molar-refractivity contribution in [2.24, 2.45) is 5.92 Å². The maximum Gasteiger partial charge on any atom is 0.397 e. The molecule has 15 heteroatoms. The summed E-state index contributed by atoms with van der Waals surface area (Å²) in [5, 5.41) is 0. The van der Waals surface area contributed by atoms with Crippen LogP contribution >= 0.6 is 0 Å². The molecule has 0 saturated carbocycles. The van der Waals surface area contributed by atoms with Crippen LogP contribution in [0.4, 0.5) is 65.9 Å². The van der Waals surface area contributed by atoms with Crippen molar-refractivity contribution >= 4 is 0 Å². The summed E-state index contributed by atoms with van der Waals surface area (Å²) in [5.74, 6) is -42.6. The molecule has 24 heavy (non-hydrogen) atoms. The molecule has 0 nitrogen and oxygen atoms in total. The van der Waals surface area contributed by atoms with E-state index in [-0.39, 0.29) is 0 Å². The smallest absolute Gasteiger partial charge is 0.199 e. The molecule has 1 unspecified atom stereocenters. The van der Waals surface area contributed by atoms with Crippen molar-refractivity contribution in [1.82, 2.24) is 0 Å². The average molecular weight is 397 g/mol. The summed E-state index contributed by atoms with van der Waals surface area (Å²) in [7, 11) is 0. The highest BCUT2D eigenvalue weighted by molar-refractivity contribution is 5.12. The van der Waals surface area contributed by atoms with Crippen LogP contribution in [0.3, 0.4) is 0 Å². The first-order valence-electron chi connectivity index (χ1n) is 5.24. The van der Waals surface area contributed by atoms with E-state index in [1.165, 1.54) is 0 Å². The quantitative estimate of drug-likeness (QED) is 0.498. The minimum atomic E-state index is -7.98. The fraction of sp³-hybridized carbons (Fsp3) is 0.889. The monoisotopic (exact) mass is 397 g/mol. The summed E-state index contributed by atoms with van der Waals surface area (Å²) < 4.78 is 187. The van der Waals surface area contributed by atoms with Crippen LogP contribution in [0.5, 0.6) is 0 Å². The lowest BCUT2D eigenvalue weighted by Crippen LogP contribution is -2.69. The maximum absolute atomic E-state index is 13.0. The van der Waals surface area contributed by atoms with Gasteiger partial charge in [0, 0.05) is 0 Å². The van der Waals surface area contributed by atoms with Gasteiger partial charge in [-0.1, -0.05) is 0 Å². The Morgan fingerprint density at radius 1 is 0.583 bits per heavy atom. The van der Waals surface area contributed by atoms with Gasteiger partial charge in [0.2, 0.25) is 0 Å². The normalized spacial score (nSPS) is 17.4. The van der Waals surface area contributed by atoms with Crippen LogP contribution in [0.1, 0.15) is 6.92 Å². The Hall–Kier alpha value is -1.05. The Morgan fingerprint density at radius 3 is 1.17 bits per heavy atom. The molecule has 0 fully saturated rings. The molecule has 0 aliphatic carbocycles. The van der Waals surface area contributed by atoms with E-state index < -0.39 is 55.1 Å². The Bertz CT molecular complexity index is 444. The molecule has 0 N–H and O–H groups in total. The van der Waals surface area contributed by atoms with Gasteiger partial charge in [-0.15, -0.1) is 0 Å². The number of alkyl halides is 13. The van der Waals surface area contributed by atoms with E-state index in [1.54, 1.807) is 0 Å². The first-order valence-corrected chi connectivity index (χ1v) is 5.24. The van der Waals surface area contributed by atoms with E-state index in [9.17, 15) is 65.9 Å². The van der Waals surface area contributed by atoms with Gasteiger partial charge < -0.3 is 0 Å². The van der Waals surface area contributed by atoms with Gasteiger partial charge in [-0.05, 0) is 6.92 Å². The van der Waals surface area contributed by atoms with E-state index in [1.807, 2.05) is 0 Å². The zero-order valence-electron chi connectivity index (χ0n) is 10.7. The number of hydrogen-bond acceptors (Lipinski definition) is 0. The van der Waals surface area contributed by atoms with Crippen molar-refractivity contribution in [3.05, 3.63) is 6.43 Å². The van der Waals surface area contributed by atoms with E-state index in [0.29, 0.717) is 0 Å². The van der Waals surface area contributed by atoms with Gasteiger partial charge in [-0.25, -0.2) is 0 Å². The van der Waals surface area contributed by atoms with Crippen LogP contribution in [-0.4, -0.2) is 35.8 Å². The van der Waals surface area contributed by atoms with Gasteiger partial charge in [-0.2, -0.15) is 65.9 Å². The molecule has 0 aliphatic rings. The number of rotatable bonds is 6. The van der Waals surface area contributed by atoms with Crippen molar-refractivity contribution < 1.29 is 65.9 Å². The molecule has 1 radical (unpaired) electrons. The first kappa shape index (κ1) is 22.9. The van der Waals surface area contributed by atoms with E-state index in [0.717, 1.165) is 0 Å². The van der Waals surface area contributed by atoms with Crippen LogP contribution in [0.2, 0.25) is 0 Å². The Kier molecular flexibility index (Phi) is 5.49. The predicted molar refractivity (Wildman–Crippen MR) is 45.4 cm³/mol. The van der Waals surface area contributed by atoms with E-state index in [2.05, 4.69) is 0 Å². The third-order valence-electron chi connectivity index (χ3n) is 2.87. The van der Waals surface area contributed by atoms with Gasteiger partial charge in [0.25, 0.3) is 0 Å². The summed E-state index contributed by atoms with van der Waals surface area (Å²) >= 11 is 0. The molecular weight excluding hydrogens is 393 g/mol. The topological polar surface area (TPSA) is 0 Å². The predicted octanol–water partition coefficient (Wildman–Crippen LogP) is 5.79. The summed E-state index contributed by atoms with van der Waals surface area (Å²) in [6.45, 7) is -0.817. The SMILES string of the molecule is CC(C(F)(F)F)C(F)(F)C(F)(F)C(F)(F)C(F)(F)C(F)(F)[C](F)F. The first-order chi connectivity index (χ1) is 10.1. The molecule has 0 rings (SSSR count). The Labute approximate surface area is 122 Å². The lowest BCUT2D eigenvalue weighted by atomic mass is 9.88. The van der Waals surface area contributed by atoms with Gasteiger partial charge in [-0.3, -0.25) is 0 Å². The molecule has 1 atom stereocenters. The highest BCUT2D eigenvalue weighted by atomic mass is 19.4. The molecule has 0 aromatic heterocycles. The molecule has 0 aromatic carbocycles. The lowest BCUT2D eigenvalue weighted by Gasteiger charge is -2.40. The fourth-order valence-electron chi connectivity index (χ4n) is 1.20. The largest absolute Gasteiger partial charge is 0.397 e. The third-order valence-corrected chi connectivity index (χ3v) is 2.87. The minimum absolute atomic E-state index is 0.817. The van der Waals surface area contributed by atoms with Gasteiger partial charge in [0.1, 0.15) is 5.92 Å². The molecule has 0 heterocycles. The molecule has 145 valence electrons. The molecule has 0 bridgehead atoms. The zero-order valence-corrected chi connectivity index (χ0v) is 10.7. The van der Waals surface area contributed by atoms with Crippen LogP contribution < -0.4 is 0 Å². The van der Waals surface area contributed by atoms with Crippen LogP contribution in [-0.2, 0) is 0 Å². The summed E-state index contributed by atoms with van der Waals surface area (Å²) in [6.07, 6.45) is -11.2. The van der Waals surface area contributed by atoms with Crippen LogP contribution in [0.15, 0.2) is 0 Å². The standard InChI is InChI=1S/C9H4F15/c1-2(6(16,17)18)4(12,13)7(19,20)9(23,24)8(21,22)5(14,15)3(10)11/h2H,1H3. The second kappa shape index (κ2) is 5.75. The highest BCUT2D eigenvalue weighted by Gasteiger charge is 2.89. The van der Waals surface area contributed by atoms with Gasteiger partial charge in [0.05, 0.1) is 0 Å². The van der Waals surface area contributed by atoms with Crippen molar-refractivity contribution in [3.63, 3.8) is 0 Å². The van der Waals surface area contributed by atoms with Gasteiger partial charge >= 0.3 is 42.2 Å². The van der Waals surface area contributed by atoms with Crippen molar-refractivity contribution in [1.29, 1.82) is 0 Å². The molecule has 0 aromatic rings. The lowest BCUT2D eigenvalue weighted by molar-refractivity contribution is -0.419. The summed E-state index contributed by atoms with van der Waals surface area (Å²) in [5.41, 5.74) is 0. The average Bonchev–Trinajstić information content (AvgIpc) is 2.35. The Balaban J connectivity index is 6.27. The zero-order chi connectivity index (χ0) is 20.2. The fourth-order valence-corrected chi connectivity index (χ4v) is 1.20. The third kappa shape index (κ3) is 2.97. The summed E-state index contributed by atoms with van der Waals surface area (Å²) in [4.78, 5) is 0. The van der Waals surface area contributed by atoms with E-state index in [4.69, 9.17) is 0 Å². The number of hydrogen-bond donors (Lipinski definition) is 0. The molecule has 0 aliphatic heterocycles. The molecular formula is C9H4F15. The van der Waals surface area contributed by atoms with Gasteiger partial charge in [0.15, 0.2) is 0 Å². The maximum atomic E-state index is 13.0. The molecule has 0 saturated heterocycles. The van der Waals surface area contributed by atoms with Crippen LogP contribution in [0, 0.1) is 12.3 Å². The van der Waals surface area contributed by atoms with Crippen LogP contribution in [0.25, 0.3) is 0 Å². The minimum Gasteiger partial charge on any atom is -0.199 e. The van der Waals surface area contributed by atoms with Crippen molar-refractivity contribution in [2.45, 2.75) is 42.7 Å². The second-order valence-corrected chi connectivity index (χ2v) is 4.44. The highest BCUT2D eigenvalue weighted by Crippen LogP contribution is 2.61. The van der Waals surface area contributed by atoms with E-state index >= 15 is 0 Å². The molecule has 0 spiro atoms. The van der Waals surface area contributed by atoms with Crippen molar-refractivity contribution in [2.75, 3.05) is 0 Å². The Morgan fingerprint density at radius 2 is 0.917 bits per heavy atom. The molecule has 0 amide bonds. The summed E-state index contributed by atoms with van der Waals surface area (Å²) in [6, 6.07) is 0. The number of halogens is 15. The second-order valence-electron chi connectivity index (χ2n) is 4.44.